The van der Waals surface area contributed by atoms with E-state index in [-0.39, 0.29) is 25.0 Å². The molecule has 0 aromatic carbocycles. The maximum atomic E-state index is 12.4. The monoisotopic (exact) mass is 404 g/mol. The number of carbonyl (C=O) groups excluding carboxylic acids is 3. The Morgan fingerprint density at radius 1 is 1.19 bits per heavy atom. The first-order valence-corrected chi connectivity index (χ1v) is 10.9. The van der Waals surface area contributed by atoms with Crippen molar-refractivity contribution in [3.8, 4) is 0 Å². The number of fused-ring (bicyclic) bond motifs is 2. The van der Waals surface area contributed by atoms with Gasteiger partial charge in [0.2, 0.25) is 0 Å². The minimum absolute atomic E-state index is 0.0578. The summed E-state index contributed by atoms with van der Waals surface area (Å²) in [6.07, 6.45) is 5.61. The number of ketones is 1. The van der Waals surface area contributed by atoms with E-state index < -0.39 is 33.2 Å². The Morgan fingerprint density at radius 2 is 1.89 bits per heavy atom. The Kier molecular flexibility index (Phi) is 7.02. The Morgan fingerprint density at radius 3 is 2.56 bits per heavy atom. The zero-order chi connectivity index (χ0) is 20.2. The SMILES string of the molecule is CC(C)(COC(=O)CS(=O)(=O)O)C(=O)OCCC1CC2CCCC(C2)C1=O. The minimum atomic E-state index is -4.47. The largest absolute Gasteiger partial charge is 0.465 e. The second-order valence-electron chi connectivity index (χ2n) is 8.26. The van der Waals surface area contributed by atoms with E-state index in [4.69, 9.17) is 14.0 Å². The van der Waals surface area contributed by atoms with E-state index in [1.54, 1.807) is 0 Å². The lowest BCUT2D eigenvalue weighted by Gasteiger charge is -2.37. The summed E-state index contributed by atoms with van der Waals surface area (Å²) in [5, 5.41) is 0. The molecule has 3 unspecified atom stereocenters. The molecular formula is C18H28O8S. The average Bonchev–Trinajstić information content (AvgIpc) is 2.56. The molecule has 27 heavy (non-hydrogen) atoms. The highest BCUT2D eigenvalue weighted by molar-refractivity contribution is 7.86. The van der Waals surface area contributed by atoms with Gasteiger partial charge in [0.15, 0.2) is 5.75 Å². The number of carbonyl (C=O) groups is 3. The van der Waals surface area contributed by atoms with E-state index >= 15 is 0 Å². The molecule has 2 rings (SSSR count). The van der Waals surface area contributed by atoms with Crippen LogP contribution >= 0.6 is 0 Å². The second-order valence-corrected chi connectivity index (χ2v) is 9.71. The lowest BCUT2D eigenvalue weighted by Crippen LogP contribution is -2.37. The zero-order valence-electron chi connectivity index (χ0n) is 15.8. The van der Waals surface area contributed by atoms with Crippen molar-refractivity contribution in [2.24, 2.45) is 23.2 Å². The molecular weight excluding hydrogens is 376 g/mol. The van der Waals surface area contributed by atoms with Crippen molar-refractivity contribution in [2.75, 3.05) is 19.0 Å². The quantitative estimate of drug-likeness (QED) is 0.479. The summed E-state index contributed by atoms with van der Waals surface area (Å²) in [5.41, 5.74) is -1.16. The molecule has 0 aromatic heterocycles. The summed E-state index contributed by atoms with van der Waals surface area (Å²) >= 11 is 0. The highest BCUT2D eigenvalue weighted by Crippen LogP contribution is 2.41. The van der Waals surface area contributed by atoms with Gasteiger partial charge in [0.1, 0.15) is 12.4 Å². The van der Waals surface area contributed by atoms with Gasteiger partial charge in [-0.1, -0.05) is 12.8 Å². The van der Waals surface area contributed by atoms with E-state index in [2.05, 4.69) is 0 Å². The van der Waals surface area contributed by atoms with E-state index in [0.717, 1.165) is 25.7 Å². The van der Waals surface area contributed by atoms with E-state index in [0.29, 0.717) is 18.1 Å². The van der Waals surface area contributed by atoms with Gasteiger partial charge >= 0.3 is 11.9 Å². The third-order valence-electron chi connectivity index (χ3n) is 5.35. The van der Waals surface area contributed by atoms with Crippen LogP contribution in [0, 0.1) is 23.2 Å². The molecule has 0 aliphatic heterocycles. The standard InChI is InChI=1S/C18H28O8S/c1-18(2,11-26-15(19)10-27(22,23)24)17(21)25-7-6-14-9-12-4-3-5-13(8-12)16(14)20/h12-14H,3-11H2,1-2H3,(H,22,23,24). The molecule has 0 heterocycles. The predicted octanol–water partition coefficient (Wildman–Crippen LogP) is 1.77. The van der Waals surface area contributed by atoms with Crippen LogP contribution in [0.15, 0.2) is 0 Å². The molecule has 9 heteroatoms. The maximum absolute atomic E-state index is 12.4. The van der Waals surface area contributed by atoms with Crippen molar-refractivity contribution >= 4 is 27.8 Å². The van der Waals surface area contributed by atoms with Crippen LogP contribution in [0.1, 0.15) is 52.4 Å². The van der Waals surface area contributed by atoms with Crippen LogP contribution in [-0.4, -0.2) is 49.7 Å². The third-order valence-corrected chi connectivity index (χ3v) is 5.95. The van der Waals surface area contributed by atoms with Gasteiger partial charge in [-0.05, 0) is 45.4 Å². The van der Waals surface area contributed by atoms with Crippen LogP contribution in [0.4, 0.5) is 0 Å². The molecule has 2 aliphatic rings. The molecule has 0 spiro atoms. The second kappa shape index (κ2) is 8.68. The minimum Gasteiger partial charge on any atom is -0.465 e. The van der Waals surface area contributed by atoms with Crippen LogP contribution in [-0.2, 0) is 34.0 Å². The summed E-state index contributed by atoms with van der Waals surface area (Å²) < 4.78 is 39.8. The predicted molar refractivity (Wildman–Crippen MR) is 95.3 cm³/mol. The molecule has 8 nitrogen and oxygen atoms in total. The fourth-order valence-electron chi connectivity index (χ4n) is 3.88. The van der Waals surface area contributed by atoms with Gasteiger partial charge < -0.3 is 9.47 Å². The van der Waals surface area contributed by atoms with Gasteiger partial charge in [-0.25, -0.2) is 0 Å². The van der Waals surface area contributed by atoms with Gasteiger partial charge in [-0.15, -0.1) is 0 Å². The first-order chi connectivity index (χ1) is 12.5. The lowest BCUT2D eigenvalue weighted by molar-refractivity contribution is -0.161. The van der Waals surface area contributed by atoms with Crippen molar-refractivity contribution < 1.29 is 36.8 Å². The molecule has 1 N–H and O–H groups in total. The first-order valence-electron chi connectivity index (χ1n) is 9.29. The highest BCUT2D eigenvalue weighted by Gasteiger charge is 2.38. The van der Waals surface area contributed by atoms with E-state index in [1.165, 1.54) is 20.3 Å². The maximum Gasteiger partial charge on any atom is 0.323 e. The van der Waals surface area contributed by atoms with E-state index in [1.807, 2.05) is 0 Å². The van der Waals surface area contributed by atoms with Crippen molar-refractivity contribution in [1.29, 1.82) is 0 Å². The Bertz CT molecular complexity index is 681. The number of rotatable bonds is 8. The number of hydrogen-bond donors (Lipinski definition) is 1. The number of hydrogen-bond acceptors (Lipinski definition) is 7. The van der Waals surface area contributed by atoms with Gasteiger partial charge in [0.25, 0.3) is 10.1 Å². The smallest absolute Gasteiger partial charge is 0.323 e. The summed E-state index contributed by atoms with van der Waals surface area (Å²) in [4.78, 5) is 36.0. The summed E-state index contributed by atoms with van der Waals surface area (Å²) in [5.74, 6) is -1.90. The van der Waals surface area contributed by atoms with Crippen molar-refractivity contribution in [3.05, 3.63) is 0 Å². The van der Waals surface area contributed by atoms with Crippen LogP contribution in [0.2, 0.25) is 0 Å². The van der Waals surface area contributed by atoms with Crippen LogP contribution in [0.3, 0.4) is 0 Å². The topological polar surface area (TPSA) is 124 Å². The van der Waals surface area contributed by atoms with Crippen LogP contribution < -0.4 is 0 Å². The number of Topliss-reactive ketones (excluding diaryl/α,β-unsaturated/α-hetero) is 1. The van der Waals surface area contributed by atoms with Gasteiger partial charge in [0.05, 0.1) is 12.0 Å². The summed E-state index contributed by atoms with van der Waals surface area (Å²) in [7, 11) is -4.47. The van der Waals surface area contributed by atoms with Crippen molar-refractivity contribution in [3.63, 3.8) is 0 Å². The van der Waals surface area contributed by atoms with Crippen molar-refractivity contribution in [2.45, 2.75) is 52.4 Å². The third kappa shape index (κ3) is 6.57. The zero-order valence-corrected chi connectivity index (χ0v) is 16.6. The fourth-order valence-corrected chi connectivity index (χ4v) is 4.26. The van der Waals surface area contributed by atoms with Gasteiger partial charge in [0, 0.05) is 11.8 Å². The van der Waals surface area contributed by atoms with Crippen LogP contribution in [0.25, 0.3) is 0 Å². The Hall–Kier alpha value is -1.48. The Labute approximate surface area is 159 Å². The number of esters is 2. The van der Waals surface area contributed by atoms with E-state index in [9.17, 15) is 22.8 Å². The van der Waals surface area contributed by atoms with Crippen molar-refractivity contribution in [1.82, 2.24) is 0 Å². The average molecular weight is 404 g/mol. The molecule has 0 aromatic rings. The molecule has 0 radical (unpaired) electrons. The molecule has 2 saturated carbocycles. The highest BCUT2D eigenvalue weighted by atomic mass is 32.2. The van der Waals surface area contributed by atoms with Crippen LogP contribution in [0.5, 0.6) is 0 Å². The first kappa shape index (κ1) is 21.8. The molecule has 2 fully saturated rings. The fraction of sp³-hybridized carbons (Fsp3) is 0.833. The Balaban J connectivity index is 1.75. The van der Waals surface area contributed by atoms with Gasteiger partial charge in [-0.2, -0.15) is 8.42 Å². The molecule has 2 aliphatic carbocycles. The molecule has 154 valence electrons. The van der Waals surface area contributed by atoms with Gasteiger partial charge in [-0.3, -0.25) is 18.9 Å². The molecule has 0 amide bonds. The summed E-state index contributed by atoms with van der Waals surface area (Å²) in [6.45, 7) is 2.77. The molecule has 3 atom stereocenters. The number of ether oxygens (including phenoxy) is 2. The summed E-state index contributed by atoms with van der Waals surface area (Å²) in [6, 6.07) is 0. The normalized spacial score (nSPS) is 25.7. The molecule has 2 bridgehead atoms. The molecule has 0 saturated heterocycles. The lowest BCUT2D eigenvalue weighted by atomic mass is 9.66.